The number of carboxylic acids is 1. The fourth-order valence-electron chi connectivity index (χ4n) is 3.54. The van der Waals surface area contributed by atoms with E-state index in [2.05, 4.69) is 21.0 Å². The molecule has 0 amide bonds. The molecule has 1 saturated heterocycles. The second-order valence-electron chi connectivity index (χ2n) is 6.12. The molecule has 3 aromatic rings. The standard InChI is InChI=1S/C18H18N4O2/c23-17(24)18(22-11-3-9-20-22)7-12-21(13-8-18)16-6-10-19-15-5-2-1-4-14(15)16/h1-6,9-11H,7-8,12-13H2,(H,23,24). The number of carbonyl (C=O) groups is 1. The number of anilines is 1. The van der Waals surface area contributed by atoms with Gasteiger partial charge in [-0.15, -0.1) is 0 Å². The van der Waals surface area contributed by atoms with Crippen molar-refractivity contribution >= 4 is 22.6 Å². The first-order valence-electron chi connectivity index (χ1n) is 8.03. The van der Waals surface area contributed by atoms with Gasteiger partial charge in [-0.3, -0.25) is 9.67 Å². The first-order chi connectivity index (χ1) is 11.7. The van der Waals surface area contributed by atoms with E-state index in [1.807, 2.05) is 30.5 Å². The Hall–Kier alpha value is -2.89. The third kappa shape index (κ3) is 2.22. The van der Waals surface area contributed by atoms with Crippen molar-refractivity contribution in [3.8, 4) is 0 Å². The maximum Gasteiger partial charge on any atom is 0.331 e. The van der Waals surface area contributed by atoms with Gasteiger partial charge in [0.15, 0.2) is 5.54 Å². The lowest BCUT2D eigenvalue weighted by Gasteiger charge is -2.40. The monoisotopic (exact) mass is 322 g/mol. The van der Waals surface area contributed by atoms with Crippen molar-refractivity contribution in [1.82, 2.24) is 14.8 Å². The molecule has 0 saturated carbocycles. The van der Waals surface area contributed by atoms with Gasteiger partial charge in [-0.05, 0) is 18.2 Å². The quantitative estimate of drug-likeness (QED) is 0.802. The molecule has 0 unspecified atom stereocenters. The fraction of sp³-hybridized carbons (Fsp3) is 0.278. The van der Waals surface area contributed by atoms with Crippen LogP contribution in [-0.4, -0.2) is 38.9 Å². The van der Waals surface area contributed by atoms with Crippen molar-refractivity contribution in [2.75, 3.05) is 18.0 Å². The van der Waals surface area contributed by atoms with Crippen LogP contribution >= 0.6 is 0 Å². The third-order valence-corrected chi connectivity index (χ3v) is 4.90. The molecule has 1 N–H and O–H groups in total. The van der Waals surface area contributed by atoms with Crippen LogP contribution in [0.2, 0.25) is 0 Å². The van der Waals surface area contributed by atoms with Gasteiger partial charge in [0.2, 0.25) is 0 Å². The number of hydrogen-bond acceptors (Lipinski definition) is 4. The molecule has 6 heteroatoms. The zero-order chi connectivity index (χ0) is 16.6. The molecule has 0 bridgehead atoms. The van der Waals surface area contributed by atoms with Crippen molar-refractivity contribution in [2.45, 2.75) is 18.4 Å². The van der Waals surface area contributed by atoms with Gasteiger partial charge >= 0.3 is 5.97 Å². The first kappa shape index (κ1) is 14.7. The average molecular weight is 322 g/mol. The second kappa shape index (κ2) is 5.63. The SMILES string of the molecule is O=C(O)C1(n2cccn2)CCN(c2ccnc3ccccc23)CC1. The van der Waals surface area contributed by atoms with Crippen LogP contribution in [0.5, 0.6) is 0 Å². The Kier molecular flexibility index (Phi) is 3.45. The minimum absolute atomic E-state index is 0.515. The summed E-state index contributed by atoms with van der Waals surface area (Å²) in [5.74, 6) is -0.814. The van der Waals surface area contributed by atoms with Gasteiger partial charge in [-0.1, -0.05) is 18.2 Å². The van der Waals surface area contributed by atoms with E-state index in [0.717, 1.165) is 16.6 Å². The van der Waals surface area contributed by atoms with Crippen molar-refractivity contribution in [1.29, 1.82) is 0 Å². The van der Waals surface area contributed by atoms with Crippen LogP contribution in [0, 0.1) is 0 Å². The highest BCUT2D eigenvalue weighted by molar-refractivity contribution is 5.91. The summed E-state index contributed by atoms with van der Waals surface area (Å²) in [6.45, 7) is 1.33. The maximum absolute atomic E-state index is 11.9. The summed E-state index contributed by atoms with van der Waals surface area (Å²) >= 11 is 0. The van der Waals surface area contributed by atoms with Crippen LogP contribution < -0.4 is 4.90 Å². The topological polar surface area (TPSA) is 71.2 Å². The highest BCUT2D eigenvalue weighted by Crippen LogP contribution is 2.34. The Morgan fingerprint density at radius 3 is 2.58 bits per heavy atom. The van der Waals surface area contributed by atoms with E-state index >= 15 is 0 Å². The molecule has 1 aliphatic heterocycles. The molecule has 4 rings (SSSR count). The fourth-order valence-corrected chi connectivity index (χ4v) is 3.54. The molecule has 24 heavy (non-hydrogen) atoms. The van der Waals surface area contributed by atoms with Crippen LogP contribution in [0.15, 0.2) is 55.0 Å². The summed E-state index contributed by atoms with van der Waals surface area (Å²) in [4.78, 5) is 18.6. The van der Waals surface area contributed by atoms with Crippen LogP contribution in [0.25, 0.3) is 10.9 Å². The van der Waals surface area contributed by atoms with E-state index < -0.39 is 11.5 Å². The largest absolute Gasteiger partial charge is 0.479 e. The van der Waals surface area contributed by atoms with Crippen molar-refractivity contribution in [3.05, 3.63) is 55.0 Å². The highest BCUT2D eigenvalue weighted by Gasteiger charge is 2.44. The summed E-state index contributed by atoms with van der Waals surface area (Å²) in [6, 6.07) is 11.8. The zero-order valence-corrected chi connectivity index (χ0v) is 13.2. The minimum Gasteiger partial charge on any atom is -0.479 e. The predicted molar refractivity (Wildman–Crippen MR) is 91.0 cm³/mol. The number of nitrogens with zero attached hydrogens (tertiary/aromatic N) is 4. The number of hydrogen-bond donors (Lipinski definition) is 1. The summed E-state index contributed by atoms with van der Waals surface area (Å²) < 4.78 is 1.59. The zero-order valence-electron chi connectivity index (χ0n) is 13.2. The van der Waals surface area contributed by atoms with Crippen LogP contribution in [0.3, 0.4) is 0 Å². The summed E-state index contributed by atoms with van der Waals surface area (Å²) in [5, 5.41) is 15.1. The van der Waals surface area contributed by atoms with Gasteiger partial charge in [0.05, 0.1) is 5.52 Å². The van der Waals surface area contributed by atoms with Crippen molar-refractivity contribution in [3.63, 3.8) is 0 Å². The molecule has 122 valence electrons. The molecule has 0 atom stereocenters. The molecule has 2 aromatic heterocycles. The molecular weight excluding hydrogens is 304 g/mol. The summed E-state index contributed by atoms with van der Waals surface area (Å²) in [5.41, 5.74) is 1.11. The molecule has 0 aliphatic carbocycles. The Bertz CT molecular complexity index is 862. The molecule has 1 aromatic carbocycles. The van der Waals surface area contributed by atoms with Gasteiger partial charge < -0.3 is 10.0 Å². The number of pyridine rings is 1. The first-order valence-corrected chi connectivity index (χ1v) is 8.03. The number of aliphatic carboxylic acids is 1. The number of rotatable bonds is 3. The summed E-state index contributed by atoms with van der Waals surface area (Å²) in [6.07, 6.45) is 6.21. The molecule has 0 radical (unpaired) electrons. The minimum atomic E-state index is -0.956. The van der Waals surface area contributed by atoms with E-state index in [4.69, 9.17) is 0 Å². The molecule has 1 aliphatic rings. The lowest BCUT2D eigenvalue weighted by atomic mass is 9.87. The lowest BCUT2D eigenvalue weighted by molar-refractivity contribution is -0.149. The Balaban J connectivity index is 1.65. The molecular formula is C18H18N4O2. The van der Waals surface area contributed by atoms with Crippen LogP contribution in [0.1, 0.15) is 12.8 Å². The normalized spacial score (nSPS) is 17.1. The number of benzene rings is 1. The van der Waals surface area contributed by atoms with Gasteiger partial charge in [0.25, 0.3) is 0 Å². The van der Waals surface area contributed by atoms with Crippen LogP contribution in [-0.2, 0) is 10.3 Å². The molecule has 1 fully saturated rings. The third-order valence-electron chi connectivity index (χ3n) is 4.90. The van der Waals surface area contributed by atoms with E-state index in [1.165, 1.54) is 0 Å². The number of para-hydroxylation sites is 1. The molecule has 3 heterocycles. The predicted octanol–water partition coefficient (Wildman–Crippen LogP) is 2.51. The Morgan fingerprint density at radius 1 is 1.08 bits per heavy atom. The highest BCUT2D eigenvalue weighted by atomic mass is 16.4. The van der Waals surface area contributed by atoms with Crippen molar-refractivity contribution < 1.29 is 9.90 Å². The second-order valence-corrected chi connectivity index (χ2v) is 6.12. The molecule has 0 spiro atoms. The van der Waals surface area contributed by atoms with Gasteiger partial charge in [-0.2, -0.15) is 5.10 Å². The number of aromatic nitrogens is 3. The van der Waals surface area contributed by atoms with Gasteiger partial charge in [-0.25, -0.2) is 4.79 Å². The average Bonchev–Trinajstić information content (AvgIpc) is 3.16. The maximum atomic E-state index is 11.9. The van der Waals surface area contributed by atoms with E-state index in [0.29, 0.717) is 25.9 Å². The van der Waals surface area contributed by atoms with Crippen molar-refractivity contribution in [2.24, 2.45) is 0 Å². The van der Waals surface area contributed by atoms with E-state index in [-0.39, 0.29) is 0 Å². The Labute approximate surface area is 139 Å². The van der Waals surface area contributed by atoms with Gasteiger partial charge in [0, 0.05) is 55.6 Å². The smallest absolute Gasteiger partial charge is 0.331 e. The lowest BCUT2D eigenvalue weighted by Crippen LogP contribution is -2.51. The van der Waals surface area contributed by atoms with Gasteiger partial charge in [0.1, 0.15) is 0 Å². The van der Waals surface area contributed by atoms with E-state index in [1.54, 1.807) is 23.1 Å². The number of carboxylic acid groups (broad SMARTS) is 1. The Morgan fingerprint density at radius 2 is 1.88 bits per heavy atom. The number of fused-ring (bicyclic) bond motifs is 1. The number of piperidine rings is 1. The van der Waals surface area contributed by atoms with Crippen LogP contribution in [0.4, 0.5) is 5.69 Å². The molecule has 6 nitrogen and oxygen atoms in total. The van der Waals surface area contributed by atoms with E-state index in [9.17, 15) is 9.90 Å². The summed E-state index contributed by atoms with van der Waals surface area (Å²) in [7, 11) is 0.